The molecular weight excluding hydrogens is 154 g/mol. The molecule has 12 heavy (non-hydrogen) atoms. The third-order valence-electron chi connectivity index (χ3n) is 1.61. The minimum Gasteiger partial charge on any atom is -0.398 e. The van der Waals surface area contributed by atoms with E-state index in [4.69, 9.17) is 21.9 Å². The van der Waals surface area contributed by atoms with Crippen LogP contribution in [0.3, 0.4) is 0 Å². The predicted octanol–water partition coefficient (Wildman–Crippen LogP) is 0.284. The van der Waals surface area contributed by atoms with Crippen LogP contribution in [0.15, 0.2) is 18.2 Å². The van der Waals surface area contributed by atoms with Crippen LogP contribution in [0, 0.1) is 0 Å². The lowest BCUT2D eigenvalue weighted by molar-refractivity contribution is 0.128. The Labute approximate surface area is 71.3 Å². The summed E-state index contributed by atoms with van der Waals surface area (Å²) in [5.74, 6) is 0. The van der Waals surface area contributed by atoms with Gasteiger partial charge in [0.1, 0.15) is 0 Å². The van der Waals surface area contributed by atoms with Crippen molar-refractivity contribution in [2.45, 2.75) is 6.61 Å². The summed E-state index contributed by atoms with van der Waals surface area (Å²) < 4.78 is 5.00. The van der Waals surface area contributed by atoms with Crippen molar-refractivity contribution in [3.63, 3.8) is 0 Å². The maximum Gasteiger partial charge on any atom is 0.0944 e. The summed E-state index contributed by atoms with van der Waals surface area (Å²) >= 11 is 0. The van der Waals surface area contributed by atoms with Crippen molar-refractivity contribution < 1.29 is 4.74 Å². The van der Waals surface area contributed by atoms with E-state index in [1.54, 1.807) is 18.2 Å². The Kier molecular flexibility index (Phi) is 2.90. The Bertz CT molecular complexity index is 242. The van der Waals surface area contributed by atoms with E-state index in [2.05, 4.69) is 0 Å². The number of nitrogens with two attached hydrogens (primary N) is 3. The molecule has 0 aliphatic rings. The van der Waals surface area contributed by atoms with Crippen molar-refractivity contribution in [1.82, 2.24) is 0 Å². The van der Waals surface area contributed by atoms with Crippen molar-refractivity contribution in [1.29, 1.82) is 0 Å². The van der Waals surface area contributed by atoms with Gasteiger partial charge in [0.25, 0.3) is 0 Å². The number of nitrogen functional groups attached to an aromatic ring is 2. The van der Waals surface area contributed by atoms with E-state index in [1.165, 1.54) is 0 Å². The van der Waals surface area contributed by atoms with Crippen LogP contribution >= 0.6 is 0 Å². The molecule has 0 heterocycles. The third-order valence-corrected chi connectivity index (χ3v) is 1.61. The Balaban J connectivity index is 2.81. The molecule has 0 aliphatic carbocycles. The molecule has 0 saturated carbocycles. The third kappa shape index (κ3) is 1.87. The number of hydrogen-bond acceptors (Lipinski definition) is 4. The molecule has 0 atom stereocenters. The zero-order chi connectivity index (χ0) is 8.97. The number of ether oxygens (including phenoxy) is 1. The van der Waals surface area contributed by atoms with Gasteiger partial charge < -0.3 is 21.9 Å². The fourth-order valence-corrected chi connectivity index (χ4v) is 0.951. The molecule has 4 heteroatoms. The van der Waals surface area contributed by atoms with Gasteiger partial charge in [0, 0.05) is 16.9 Å². The van der Waals surface area contributed by atoms with E-state index in [1.807, 2.05) is 0 Å². The molecule has 0 aromatic heterocycles. The van der Waals surface area contributed by atoms with Gasteiger partial charge in [0.2, 0.25) is 0 Å². The lowest BCUT2D eigenvalue weighted by Crippen LogP contribution is -2.07. The van der Waals surface area contributed by atoms with E-state index in [0.717, 1.165) is 5.56 Å². The summed E-state index contributed by atoms with van der Waals surface area (Å²) in [7, 11) is 0. The van der Waals surface area contributed by atoms with Crippen LogP contribution in [0.4, 0.5) is 11.4 Å². The molecule has 0 spiro atoms. The molecule has 0 radical (unpaired) electrons. The quantitative estimate of drug-likeness (QED) is 0.446. The van der Waals surface area contributed by atoms with Gasteiger partial charge in [-0.25, -0.2) is 0 Å². The zero-order valence-corrected chi connectivity index (χ0v) is 6.79. The second-order valence-electron chi connectivity index (χ2n) is 2.43. The van der Waals surface area contributed by atoms with Crippen molar-refractivity contribution in [2.24, 2.45) is 5.73 Å². The second-order valence-corrected chi connectivity index (χ2v) is 2.43. The summed E-state index contributed by atoms with van der Waals surface area (Å²) in [5.41, 5.74) is 18.6. The summed E-state index contributed by atoms with van der Waals surface area (Å²) in [5, 5.41) is 0. The first-order chi connectivity index (χ1) is 5.75. The molecule has 0 saturated heterocycles. The first-order valence-corrected chi connectivity index (χ1v) is 3.66. The van der Waals surface area contributed by atoms with Crippen LogP contribution in [-0.4, -0.2) is 6.73 Å². The van der Waals surface area contributed by atoms with Crippen LogP contribution < -0.4 is 17.2 Å². The number of hydrogen-bond donors (Lipinski definition) is 3. The first kappa shape index (κ1) is 8.83. The maximum atomic E-state index is 5.66. The van der Waals surface area contributed by atoms with E-state index >= 15 is 0 Å². The lowest BCUT2D eigenvalue weighted by Gasteiger charge is -2.07. The van der Waals surface area contributed by atoms with Crippen LogP contribution in [0.1, 0.15) is 5.56 Å². The minimum absolute atomic E-state index is 0.174. The summed E-state index contributed by atoms with van der Waals surface area (Å²) in [6.45, 7) is 0.544. The van der Waals surface area contributed by atoms with Crippen molar-refractivity contribution in [3.05, 3.63) is 23.8 Å². The average Bonchev–Trinajstić information content (AvgIpc) is 2.04. The van der Waals surface area contributed by atoms with E-state index in [9.17, 15) is 0 Å². The topological polar surface area (TPSA) is 87.3 Å². The smallest absolute Gasteiger partial charge is 0.0944 e. The standard InChI is InChI=1S/C8H13N3O/c9-5-12-4-6-7(10)2-1-3-8(6)11/h1-3H,4-5,9-11H2. The van der Waals surface area contributed by atoms with Crippen LogP contribution in [-0.2, 0) is 11.3 Å². The summed E-state index contributed by atoms with van der Waals surface area (Å²) in [4.78, 5) is 0. The molecule has 0 aliphatic heterocycles. The normalized spacial score (nSPS) is 10.1. The van der Waals surface area contributed by atoms with Gasteiger partial charge in [-0.05, 0) is 12.1 Å². The highest BCUT2D eigenvalue weighted by molar-refractivity contribution is 5.60. The molecule has 0 fully saturated rings. The van der Waals surface area contributed by atoms with Gasteiger partial charge in [-0.2, -0.15) is 0 Å². The van der Waals surface area contributed by atoms with Crippen molar-refractivity contribution >= 4 is 11.4 Å². The molecule has 0 bridgehead atoms. The molecule has 0 amide bonds. The van der Waals surface area contributed by atoms with Gasteiger partial charge in [0.05, 0.1) is 13.3 Å². The maximum absolute atomic E-state index is 5.66. The summed E-state index contributed by atoms with van der Waals surface area (Å²) in [6.07, 6.45) is 0. The van der Waals surface area contributed by atoms with Gasteiger partial charge in [0.15, 0.2) is 0 Å². The molecule has 6 N–H and O–H groups in total. The molecule has 4 nitrogen and oxygen atoms in total. The zero-order valence-electron chi connectivity index (χ0n) is 6.79. The monoisotopic (exact) mass is 167 g/mol. The summed E-state index contributed by atoms with van der Waals surface area (Å²) in [6, 6.07) is 5.37. The Morgan fingerprint density at radius 3 is 2.25 bits per heavy atom. The fourth-order valence-electron chi connectivity index (χ4n) is 0.951. The number of benzene rings is 1. The van der Waals surface area contributed by atoms with Crippen LogP contribution in [0.5, 0.6) is 0 Å². The highest BCUT2D eigenvalue weighted by Gasteiger charge is 2.01. The van der Waals surface area contributed by atoms with Crippen LogP contribution in [0.2, 0.25) is 0 Å². The molecule has 1 aromatic carbocycles. The number of rotatable bonds is 3. The highest BCUT2D eigenvalue weighted by atomic mass is 16.5. The molecule has 0 unspecified atom stereocenters. The molecule has 1 rings (SSSR count). The average molecular weight is 167 g/mol. The van der Waals surface area contributed by atoms with E-state index in [-0.39, 0.29) is 6.73 Å². The van der Waals surface area contributed by atoms with Gasteiger partial charge in [-0.1, -0.05) is 6.07 Å². The van der Waals surface area contributed by atoms with Crippen molar-refractivity contribution in [2.75, 3.05) is 18.2 Å². The first-order valence-electron chi connectivity index (χ1n) is 3.66. The minimum atomic E-state index is 0.174. The SMILES string of the molecule is NCOCc1c(N)cccc1N. The van der Waals surface area contributed by atoms with E-state index < -0.39 is 0 Å². The van der Waals surface area contributed by atoms with E-state index in [0.29, 0.717) is 18.0 Å². The predicted molar refractivity (Wildman–Crippen MR) is 49.1 cm³/mol. The lowest BCUT2D eigenvalue weighted by atomic mass is 10.1. The van der Waals surface area contributed by atoms with Gasteiger partial charge in [-0.3, -0.25) is 0 Å². The fraction of sp³-hybridized carbons (Fsp3) is 0.250. The molecule has 1 aromatic rings. The Morgan fingerprint density at radius 1 is 1.17 bits per heavy atom. The number of anilines is 2. The van der Waals surface area contributed by atoms with Crippen LogP contribution in [0.25, 0.3) is 0 Å². The largest absolute Gasteiger partial charge is 0.398 e. The highest BCUT2D eigenvalue weighted by Crippen LogP contribution is 2.19. The van der Waals surface area contributed by atoms with Gasteiger partial charge >= 0.3 is 0 Å². The molecular formula is C8H13N3O. The Morgan fingerprint density at radius 2 is 1.75 bits per heavy atom. The van der Waals surface area contributed by atoms with Gasteiger partial charge in [-0.15, -0.1) is 0 Å². The molecule has 66 valence electrons. The second kappa shape index (κ2) is 3.94. The van der Waals surface area contributed by atoms with Crippen molar-refractivity contribution in [3.8, 4) is 0 Å². The Hall–Kier alpha value is -1.26.